The number of carboxylic acid groups (broad SMARTS) is 1. The summed E-state index contributed by atoms with van der Waals surface area (Å²) < 4.78 is 25.4. The maximum atomic E-state index is 12.4. The summed E-state index contributed by atoms with van der Waals surface area (Å²) in [5.74, 6) is -1.54. The van der Waals surface area contributed by atoms with Gasteiger partial charge < -0.3 is 14.5 Å². The van der Waals surface area contributed by atoms with Crippen LogP contribution in [0, 0.1) is 0 Å². The summed E-state index contributed by atoms with van der Waals surface area (Å²) >= 11 is 3.28. The first kappa shape index (κ1) is 18.3. The molecule has 0 spiro atoms. The molecule has 0 aliphatic heterocycles. The number of fused-ring (bicyclic) bond motifs is 1. The first-order valence-corrected chi connectivity index (χ1v) is 10.2. The number of halogens is 1. The van der Waals surface area contributed by atoms with Crippen LogP contribution in [0.5, 0.6) is 0 Å². The number of rotatable bonds is 4. The van der Waals surface area contributed by atoms with Crippen molar-refractivity contribution in [3.05, 3.63) is 74.5 Å². The predicted octanol–water partition coefficient (Wildman–Crippen LogP) is 1.58. The van der Waals surface area contributed by atoms with Crippen LogP contribution in [-0.4, -0.2) is 25.2 Å². The van der Waals surface area contributed by atoms with E-state index in [2.05, 4.69) is 15.9 Å². The molecule has 0 N–H and O–H groups in total. The standard InChI is InChI=1S/C18H14BrNO5S/c1-26(24,25)13-5-2-11(3-6-13)9-20-10-15(18(22)23)17(21)14-8-12(19)4-7-16(14)20/h2-8,10H,9H2,1H3,(H,22,23)/p-1. The van der Waals surface area contributed by atoms with Gasteiger partial charge in [-0.1, -0.05) is 28.1 Å². The second-order valence-corrected chi connectivity index (χ2v) is 8.80. The van der Waals surface area contributed by atoms with Crippen molar-refractivity contribution in [2.24, 2.45) is 0 Å². The van der Waals surface area contributed by atoms with Crippen LogP contribution in [0.4, 0.5) is 0 Å². The Balaban J connectivity index is 2.14. The van der Waals surface area contributed by atoms with Crippen LogP contribution in [0.25, 0.3) is 10.9 Å². The molecule has 1 aromatic heterocycles. The monoisotopic (exact) mass is 434 g/mol. The van der Waals surface area contributed by atoms with Crippen molar-refractivity contribution in [1.29, 1.82) is 0 Å². The van der Waals surface area contributed by atoms with Crippen molar-refractivity contribution in [3.63, 3.8) is 0 Å². The van der Waals surface area contributed by atoms with E-state index in [1.807, 2.05) is 0 Å². The van der Waals surface area contributed by atoms with Gasteiger partial charge in [-0.25, -0.2) is 8.42 Å². The molecule has 3 rings (SSSR count). The van der Waals surface area contributed by atoms with Crippen molar-refractivity contribution in [2.45, 2.75) is 11.4 Å². The Morgan fingerprint density at radius 1 is 1.15 bits per heavy atom. The van der Waals surface area contributed by atoms with Gasteiger partial charge in [-0.15, -0.1) is 0 Å². The highest BCUT2D eigenvalue weighted by Crippen LogP contribution is 2.20. The highest BCUT2D eigenvalue weighted by Gasteiger charge is 2.12. The lowest BCUT2D eigenvalue weighted by atomic mass is 10.1. The van der Waals surface area contributed by atoms with Gasteiger partial charge in [0.25, 0.3) is 0 Å². The number of hydrogen-bond donors (Lipinski definition) is 0. The van der Waals surface area contributed by atoms with Gasteiger partial charge in [0.2, 0.25) is 0 Å². The third kappa shape index (κ3) is 3.56. The van der Waals surface area contributed by atoms with Crippen LogP contribution in [0.3, 0.4) is 0 Å². The summed E-state index contributed by atoms with van der Waals surface area (Å²) in [5, 5.41) is 11.6. The quantitative estimate of drug-likeness (QED) is 0.620. The highest BCUT2D eigenvalue weighted by molar-refractivity contribution is 9.10. The molecule has 8 heteroatoms. The number of pyridine rings is 1. The topological polar surface area (TPSA) is 96.3 Å². The van der Waals surface area contributed by atoms with Gasteiger partial charge in [0.15, 0.2) is 15.3 Å². The molecule has 0 radical (unpaired) electrons. The van der Waals surface area contributed by atoms with E-state index >= 15 is 0 Å². The number of carbonyl (C=O) groups excluding carboxylic acids is 1. The molecule has 0 unspecified atom stereocenters. The molecule has 6 nitrogen and oxygen atoms in total. The Morgan fingerprint density at radius 2 is 1.81 bits per heavy atom. The molecule has 0 aliphatic rings. The Morgan fingerprint density at radius 3 is 2.38 bits per heavy atom. The summed E-state index contributed by atoms with van der Waals surface area (Å²) in [7, 11) is -3.29. The molecule has 0 amide bonds. The second kappa shape index (κ2) is 6.69. The lowest BCUT2D eigenvalue weighted by molar-refractivity contribution is -0.255. The van der Waals surface area contributed by atoms with Gasteiger partial charge in [-0.2, -0.15) is 0 Å². The summed E-state index contributed by atoms with van der Waals surface area (Å²) in [6, 6.07) is 11.3. The van der Waals surface area contributed by atoms with Gasteiger partial charge in [0.1, 0.15) is 0 Å². The number of benzene rings is 2. The zero-order chi connectivity index (χ0) is 19.1. The van der Waals surface area contributed by atoms with E-state index < -0.39 is 26.8 Å². The third-order valence-electron chi connectivity index (χ3n) is 3.97. The summed E-state index contributed by atoms with van der Waals surface area (Å²) in [5.41, 5.74) is 0.290. The van der Waals surface area contributed by atoms with Crippen LogP contribution < -0.4 is 10.5 Å². The van der Waals surface area contributed by atoms with Crippen LogP contribution in [0.1, 0.15) is 15.9 Å². The van der Waals surface area contributed by atoms with Crippen molar-refractivity contribution >= 4 is 42.6 Å². The van der Waals surface area contributed by atoms with Crippen LogP contribution in [-0.2, 0) is 16.4 Å². The smallest absolute Gasteiger partial charge is 0.198 e. The number of aromatic nitrogens is 1. The minimum Gasteiger partial charge on any atom is -0.545 e. The van der Waals surface area contributed by atoms with Crippen molar-refractivity contribution in [2.75, 3.05) is 6.26 Å². The van der Waals surface area contributed by atoms with Crippen LogP contribution in [0.2, 0.25) is 0 Å². The fourth-order valence-corrected chi connectivity index (χ4v) is 3.68. The van der Waals surface area contributed by atoms with E-state index in [9.17, 15) is 23.1 Å². The average Bonchev–Trinajstić information content (AvgIpc) is 2.57. The average molecular weight is 435 g/mol. The normalized spacial score (nSPS) is 11.6. The number of aromatic carboxylic acids is 1. The third-order valence-corrected chi connectivity index (χ3v) is 5.59. The number of carboxylic acids is 1. The van der Waals surface area contributed by atoms with E-state index in [4.69, 9.17) is 0 Å². The molecule has 0 saturated heterocycles. The van der Waals surface area contributed by atoms with Crippen LogP contribution >= 0.6 is 15.9 Å². The van der Waals surface area contributed by atoms with E-state index in [1.54, 1.807) is 34.9 Å². The van der Waals surface area contributed by atoms with E-state index in [0.717, 1.165) is 11.8 Å². The molecule has 0 bridgehead atoms. The SMILES string of the molecule is CS(=O)(=O)c1ccc(Cn2cc(C(=O)[O-])c(=O)c3cc(Br)ccc32)cc1. The van der Waals surface area contributed by atoms with E-state index in [-0.39, 0.29) is 16.8 Å². The largest absolute Gasteiger partial charge is 0.545 e. The Kier molecular flexibility index (Phi) is 4.72. The Labute approximate surface area is 157 Å². The molecule has 134 valence electrons. The highest BCUT2D eigenvalue weighted by atomic mass is 79.9. The molecule has 0 aliphatic carbocycles. The number of nitrogens with zero attached hydrogens (tertiary/aromatic N) is 1. The maximum absolute atomic E-state index is 12.4. The minimum absolute atomic E-state index is 0.199. The zero-order valence-electron chi connectivity index (χ0n) is 13.6. The maximum Gasteiger partial charge on any atom is 0.198 e. The van der Waals surface area contributed by atoms with Gasteiger partial charge in [-0.05, 0) is 35.9 Å². The van der Waals surface area contributed by atoms with Crippen molar-refractivity contribution in [1.82, 2.24) is 4.57 Å². The molecule has 0 fully saturated rings. The summed E-state index contributed by atoms with van der Waals surface area (Å²) in [6.45, 7) is 0.267. The van der Waals surface area contributed by atoms with E-state index in [0.29, 0.717) is 9.99 Å². The first-order valence-electron chi connectivity index (χ1n) is 7.50. The number of sulfone groups is 1. The predicted molar refractivity (Wildman–Crippen MR) is 98.9 cm³/mol. The molecule has 26 heavy (non-hydrogen) atoms. The summed E-state index contributed by atoms with van der Waals surface area (Å²) in [6.07, 6.45) is 2.37. The fourth-order valence-electron chi connectivity index (χ4n) is 2.68. The second-order valence-electron chi connectivity index (χ2n) is 5.86. The summed E-state index contributed by atoms with van der Waals surface area (Å²) in [4.78, 5) is 23.9. The van der Waals surface area contributed by atoms with Crippen molar-refractivity contribution in [3.8, 4) is 0 Å². The molecular weight excluding hydrogens is 422 g/mol. The van der Waals surface area contributed by atoms with Crippen LogP contribution in [0.15, 0.2) is 62.8 Å². The lowest BCUT2D eigenvalue weighted by Gasteiger charge is -2.14. The molecule has 2 aromatic carbocycles. The molecule has 3 aromatic rings. The Bertz CT molecular complexity index is 1180. The lowest BCUT2D eigenvalue weighted by Crippen LogP contribution is -2.30. The number of hydrogen-bond acceptors (Lipinski definition) is 5. The van der Waals surface area contributed by atoms with Crippen molar-refractivity contribution < 1.29 is 18.3 Å². The van der Waals surface area contributed by atoms with Gasteiger partial charge in [-0.3, -0.25) is 4.79 Å². The fraction of sp³-hybridized carbons (Fsp3) is 0.111. The minimum atomic E-state index is -3.29. The molecular formula is C18H13BrNO5S-. The number of carbonyl (C=O) groups is 1. The van der Waals surface area contributed by atoms with Gasteiger partial charge in [0, 0.05) is 28.9 Å². The van der Waals surface area contributed by atoms with Gasteiger partial charge in [0.05, 0.1) is 21.9 Å². The van der Waals surface area contributed by atoms with E-state index in [1.165, 1.54) is 18.3 Å². The molecule has 1 heterocycles. The zero-order valence-corrected chi connectivity index (χ0v) is 16.0. The Hall–Kier alpha value is -2.45. The molecule has 0 atom stereocenters. The first-order chi connectivity index (χ1) is 12.2. The van der Waals surface area contributed by atoms with Gasteiger partial charge >= 0.3 is 0 Å². The molecule has 0 saturated carbocycles.